The molecule has 0 spiro atoms. The molecule has 6 N–H and O–H groups in total. The van der Waals surface area contributed by atoms with Gasteiger partial charge in [-0.15, -0.1) is 0 Å². The molecule has 3 rings (SSSR count). The van der Waals surface area contributed by atoms with Crippen LogP contribution in [0.4, 0.5) is 5.82 Å². The first-order valence-electron chi connectivity index (χ1n) is 11.7. The molecule has 0 aromatic carbocycles. The van der Waals surface area contributed by atoms with Crippen LogP contribution in [0.5, 0.6) is 0 Å². The van der Waals surface area contributed by atoms with Crippen LogP contribution in [-0.4, -0.2) is 82.2 Å². The van der Waals surface area contributed by atoms with E-state index < -0.39 is 41.8 Å². The van der Waals surface area contributed by atoms with E-state index >= 15 is 0 Å². The van der Waals surface area contributed by atoms with Crippen molar-refractivity contribution in [3.05, 3.63) is 23.1 Å². The minimum atomic E-state index is -5.64. The predicted molar refractivity (Wildman–Crippen MR) is 135 cm³/mol. The quantitative estimate of drug-likeness (QED) is 0.0478. The molecule has 1 saturated heterocycles. The van der Waals surface area contributed by atoms with Gasteiger partial charge in [-0.05, 0) is 18.4 Å². The van der Waals surface area contributed by atoms with Crippen LogP contribution < -0.4 is 5.32 Å². The SMILES string of the molecule is [N-]=[N+]=NCCCCCCNc1ncnc2c1ncn2C[C@@]1(O)CO[C@H](COP(=O)(O)OP(=O)(O)OP(=O)(O)O)C1. The van der Waals surface area contributed by atoms with Gasteiger partial charge in [-0.2, -0.15) is 8.62 Å². The van der Waals surface area contributed by atoms with Crippen molar-refractivity contribution in [2.75, 3.05) is 31.6 Å². The number of phosphoric acid groups is 3. The number of nitrogens with zero attached hydrogens (tertiary/aromatic N) is 7. The number of ether oxygens (including phenoxy) is 1. The molecule has 0 radical (unpaired) electrons. The third-order valence-electron chi connectivity index (χ3n) is 5.44. The number of anilines is 1. The number of nitrogens with one attached hydrogen (secondary N) is 1. The standard InChI is InChI=1S/C17H29N8O12P3/c18-24-23-6-4-2-1-3-5-19-15-14-16(21-11-20-15)25(12-22-14)9-17(26)7-13(34-10-17)8-35-39(30,31)37-40(32,33)36-38(27,28)29/h11-13,26H,1-10H2,(H,30,31)(H,32,33)(H,19,20,21)(H2,27,28,29)/t13-,17+/m0/s1. The van der Waals surface area contributed by atoms with Crippen molar-refractivity contribution < 1.29 is 56.3 Å². The highest BCUT2D eigenvalue weighted by Gasteiger charge is 2.43. The molecule has 0 aliphatic carbocycles. The highest BCUT2D eigenvalue weighted by atomic mass is 31.3. The molecule has 2 aromatic rings. The molecule has 2 aromatic heterocycles. The van der Waals surface area contributed by atoms with Gasteiger partial charge in [0.05, 0.1) is 32.2 Å². The van der Waals surface area contributed by atoms with Gasteiger partial charge in [-0.3, -0.25) is 4.52 Å². The topological polar surface area (TPSA) is 294 Å². The summed E-state index contributed by atoms with van der Waals surface area (Å²) >= 11 is 0. The van der Waals surface area contributed by atoms with Gasteiger partial charge in [0.1, 0.15) is 17.4 Å². The van der Waals surface area contributed by atoms with E-state index in [-0.39, 0.29) is 19.6 Å². The van der Waals surface area contributed by atoms with E-state index in [1.165, 1.54) is 12.7 Å². The maximum absolute atomic E-state index is 11.9. The Morgan fingerprint density at radius 2 is 1.88 bits per heavy atom. The molecule has 20 nitrogen and oxygen atoms in total. The van der Waals surface area contributed by atoms with Crippen molar-refractivity contribution in [2.45, 2.75) is 50.4 Å². The summed E-state index contributed by atoms with van der Waals surface area (Å²) < 4.78 is 53.0. The summed E-state index contributed by atoms with van der Waals surface area (Å²) in [7, 11) is -16.5. The Morgan fingerprint density at radius 3 is 2.60 bits per heavy atom. The number of aliphatic hydroxyl groups is 1. The van der Waals surface area contributed by atoms with Crippen molar-refractivity contribution in [3.63, 3.8) is 0 Å². The van der Waals surface area contributed by atoms with Crippen molar-refractivity contribution >= 4 is 40.4 Å². The lowest BCUT2D eigenvalue weighted by atomic mass is 10.0. The Bertz CT molecular complexity index is 1350. The Labute approximate surface area is 226 Å². The van der Waals surface area contributed by atoms with Crippen molar-refractivity contribution in [1.82, 2.24) is 19.5 Å². The van der Waals surface area contributed by atoms with Crippen LogP contribution in [0.25, 0.3) is 21.6 Å². The second kappa shape index (κ2) is 13.8. The second-order valence-electron chi connectivity index (χ2n) is 8.81. The molecule has 0 bridgehead atoms. The molecule has 1 aliphatic heterocycles. The molecular weight excluding hydrogens is 601 g/mol. The lowest BCUT2D eigenvalue weighted by Crippen LogP contribution is -2.35. The average molecular weight is 630 g/mol. The van der Waals surface area contributed by atoms with Crippen LogP contribution >= 0.6 is 23.5 Å². The van der Waals surface area contributed by atoms with Crippen LogP contribution in [0.2, 0.25) is 0 Å². The summed E-state index contributed by atoms with van der Waals surface area (Å²) in [6.45, 7) is 0.220. The number of aromatic nitrogens is 4. The maximum Gasteiger partial charge on any atom is 0.490 e. The molecule has 1 fully saturated rings. The number of unbranched alkanes of at least 4 members (excludes halogenated alkanes) is 3. The summed E-state index contributed by atoms with van der Waals surface area (Å²) in [6, 6.07) is 0. The molecular formula is C17H29N8O12P3. The van der Waals surface area contributed by atoms with E-state index in [2.05, 4.69) is 43.4 Å². The van der Waals surface area contributed by atoms with Gasteiger partial charge in [-0.25, -0.2) is 28.6 Å². The lowest BCUT2D eigenvalue weighted by molar-refractivity contribution is 0.00488. The first kappa shape index (κ1) is 32.5. The molecule has 224 valence electrons. The van der Waals surface area contributed by atoms with Gasteiger partial charge in [0.25, 0.3) is 0 Å². The van der Waals surface area contributed by atoms with Gasteiger partial charge in [0, 0.05) is 24.4 Å². The van der Waals surface area contributed by atoms with Crippen LogP contribution in [0.1, 0.15) is 32.1 Å². The van der Waals surface area contributed by atoms with Crippen LogP contribution in [0, 0.1) is 0 Å². The predicted octanol–water partition coefficient (Wildman–Crippen LogP) is 1.97. The zero-order valence-electron chi connectivity index (χ0n) is 20.9. The number of imidazole rings is 1. The highest BCUT2D eigenvalue weighted by molar-refractivity contribution is 7.66. The number of rotatable bonds is 17. The van der Waals surface area contributed by atoms with Gasteiger partial charge in [0.2, 0.25) is 0 Å². The molecule has 0 amide bonds. The molecule has 40 heavy (non-hydrogen) atoms. The van der Waals surface area contributed by atoms with E-state index in [1.54, 1.807) is 4.57 Å². The third-order valence-corrected chi connectivity index (χ3v) is 9.24. The fourth-order valence-corrected chi connectivity index (χ4v) is 6.92. The number of hydrogen-bond acceptors (Lipinski definition) is 13. The molecule has 0 saturated carbocycles. The molecule has 2 unspecified atom stereocenters. The van der Waals surface area contributed by atoms with Crippen LogP contribution in [-0.2, 0) is 38.1 Å². The zero-order chi connectivity index (χ0) is 29.4. The first-order chi connectivity index (χ1) is 18.7. The van der Waals surface area contributed by atoms with Gasteiger partial charge >= 0.3 is 23.5 Å². The van der Waals surface area contributed by atoms with Crippen molar-refractivity contribution in [2.24, 2.45) is 5.11 Å². The number of fused-ring (bicyclic) bond motifs is 1. The maximum atomic E-state index is 11.9. The molecule has 23 heteroatoms. The lowest BCUT2D eigenvalue weighted by Gasteiger charge is -2.21. The number of phosphoric ester groups is 1. The molecule has 3 heterocycles. The summed E-state index contributed by atoms with van der Waals surface area (Å²) in [6.07, 6.45) is 5.34. The normalized spacial score (nSPS) is 22.5. The first-order valence-corrected chi connectivity index (χ1v) is 16.3. The van der Waals surface area contributed by atoms with Gasteiger partial charge < -0.3 is 39.3 Å². The summed E-state index contributed by atoms with van der Waals surface area (Å²) in [5, 5.41) is 17.7. The number of hydrogen-bond donors (Lipinski definition) is 6. The Morgan fingerprint density at radius 1 is 1.12 bits per heavy atom. The van der Waals surface area contributed by atoms with E-state index in [1.807, 2.05) is 0 Å². The second-order valence-corrected chi connectivity index (χ2v) is 13.2. The molecule has 1 aliphatic rings. The minimum absolute atomic E-state index is 0.0170. The highest BCUT2D eigenvalue weighted by Crippen LogP contribution is 2.66. The van der Waals surface area contributed by atoms with E-state index in [9.17, 15) is 28.6 Å². The van der Waals surface area contributed by atoms with Crippen molar-refractivity contribution in [1.29, 1.82) is 0 Å². The monoisotopic (exact) mass is 630 g/mol. The summed E-state index contributed by atoms with van der Waals surface area (Å²) in [5.41, 5.74) is 7.74. The van der Waals surface area contributed by atoms with Crippen molar-refractivity contribution in [3.8, 4) is 0 Å². The smallest absolute Gasteiger partial charge is 0.385 e. The van der Waals surface area contributed by atoms with E-state index in [4.69, 9.17) is 20.1 Å². The fourth-order valence-electron chi connectivity index (χ4n) is 3.87. The Hall–Kier alpha value is -2.01. The third kappa shape index (κ3) is 10.4. The van der Waals surface area contributed by atoms with Crippen LogP contribution in [0.15, 0.2) is 17.8 Å². The average Bonchev–Trinajstić information content (AvgIpc) is 3.41. The fraction of sp³-hybridized carbons (Fsp3) is 0.706. The van der Waals surface area contributed by atoms with Gasteiger partial charge in [0.15, 0.2) is 11.5 Å². The Balaban J connectivity index is 1.51. The largest absolute Gasteiger partial charge is 0.490 e. The van der Waals surface area contributed by atoms with E-state index in [0.717, 1.165) is 25.7 Å². The van der Waals surface area contributed by atoms with Crippen LogP contribution in [0.3, 0.4) is 0 Å². The van der Waals surface area contributed by atoms with Gasteiger partial charge in [-0.1, -0.05) is 18.0 Å². The zero-order valence-corrected chi connectivity index (χ0v) is 23.6. The molecule has 4 atom stereocenters. The summed E-state index contributed by atoms with van der Waals surface area (Å²) in [4.78, 5) is 51.5. The summed E-state index contributed by atoms with van der Waals surface area (Å²) in [5.74, 6) is 0.515. The van der Waals surface area contributed by atoms with E-state index in [0.29, 0.717) is 30.1 Å². The number of azide groups is 1. The minimum Gasteiger partial charge on any atom is -0.385 e. The Kier molecular flexibility index (Phi) is 11.2.